The van der Waals surface area contributed by atoms with E-state index in [-0.39, 0.29) is 12.3 Å². The van der Waals surface area contributed by atoms with Crippen molar-refractivity contribution in [2.24, 2.45) is 5.73 Å². The van der Waals surface area contributed by atoms with E-state index in [9.17, 15) is 4.79 Å². The first kappa shape index (κ1) is 10.2. The summed E-state index contributed by atoms with van der Waals surface area (Å²) in [5.41, 5.74) is 7.10. The number of benzene rings is 1. The van der Waals surface area contributed by atoms with Gasteiger partial charge in [0.2, 0.25) is 0 Å². The predicted octanol–water partition coefficient (Wildman–Crippen LogP) is 1.89. The van der Waals surface area contributed by atoms with E-state index >= 15 is 0 Å². The van der Waals surface area contributed by atoms with E-state index < -0.39 is 0 Å². The minimum absolute atomic E-state index is 0.0240. The van der Waals surface area contributed by atoms with Crippen LogP contribution < -0.4 is 5.73 Å². The Kier molecular flexibility index (Phi) is 2.75. The first-order valence-electron chi connectivity index (χ1n) is 4.68. The highest BCUT2D eigenvalue weighted by Gasteiger charge is 2.08. The number of Topliss-reactive ketones (excluding diaryl/α,β-unsaturated/α-hetero) is 1. The second-order valence-electron chi connectivity index (χ2n) is 3.40. The first-order valence-corrected chi connectivity index (χ1v) is 5.06. The zero-order valence-corrected chi connectivity index (χ0v) is 8.84. The Bertz CT molecular complexity index is 504. The molecule has 0 aliphatic heterocycles. The van der Waals surface area contributed by atoms with Gasteiger partial charge < -0.3 is 10.7 Å². The zero-order valence-electron chi connectivity index (χ0n) is 8.09. The fraction of sp³-hybridized carbons (Fsp3) is 0.182. The molecule has 1 aromatic heterocycles. The fourth-order valence-corrected chi connectivity index (χ4v) is 1.84. The molecule has 0 saturated heterocycles. The van der Waals surface area contributed by atoms with Gasteiger partial charge in [-0.1, -0.05) is 23.7 Å². The zero-order chi connectivity index (χ0) is 10.8. The molecule has 0 unspecified atom stereocenters. The van der Waals surface area contributed by atoms with Gasteiger partial charge in [-0.3, -0.25) is 4.79 Å². The van der Waals surface area contributed by atoms with Gasteiger partial charge in [-0.25, -0.2) is 0 Å². The molecule has 0 saturated carbocycles. The molecule has 2 rings (SSSR count). The molecule has 0 atom stereocenters. The Labute approximate surface area is 92.2 Å². The Morgan fingerprint density at radius 2 is 2.27 bits per heavy atom. The molecule has 0 aliphatic carbocycles. The van der Waals surface area contributed by atoms with Crippen molar-refractivity contribution in [1.29, 1.82) is 0 Å². The lowest BCUT2D eigenvalue weighted by Gasteiger charge is -1.97. The van der Waals surface area contributed by atoms with Gasteiger partial charge in [0.1, 0.15) is 0 Å². The summed E-state index contributed by atoms with van der Waals surface area (Å²) in [6.07, 6.45) is 2.17. The smallest absolute Gasteiger partial charge is 0.150 e. The van der Waals surface area contributed by atoms with E-state index in [1.54, 1.807) is 0 Å². The molecular formula is C11H11ClN2O. The van der Waals surface area contributed by atoms with Crippen molar-refractivity contribution in [3.05, 3.63) is 35.0 Å². The number of carbonyl (C=O) groups is 1. The lowest BCUT2D eigenvalue weighted by Crippen LogP contribution is -2.15. The number of aromatic nitrogens is 1. The third-order valence-corrected chi connectivity index (χ3v) is 2.68. The molecule has 0 amide bonds. The average Bonchev–Trinajstić information content (AvgIpc) is 2.63. The van der Waals surface area contributed by atoms with Gasteiger partial charge >= 0.3 is 0 Å². The maximum Gasteiger partial charge on any atom is 0.150 e. The third kappa shape index (κ3) is 1.89. The van der Waals surface area contributed by atoms with Gasteiger partial charge in [0, 0.05) is 18.0 Å². The number of fused-ring (bicyclic) bond motifs is 1. The monoisotopic (exact) mass is 222 g/mol. The summed E-state index contributed by atoms with van der Waals surface area (Å²) in [5, 5.41) is 1.66. The number of hydrogen-bond acceptors (Lipinski definition) is 2. The number of aromatic amines is 1. The normalized spacial score (nSPS) is 10.8. The average molecular weight is 223 g/mol. The quantitative estimate of drug-likeness (QED) is 0.833. The number of carbonyl (C=O) groups excluding carboxylic acids is 1. The number of hydrogen-bond donors (Lipinski definition) is 2. The van der Waals surface area contributed by atoms with E-state index in [1.807, 2.05) is 24.4 Å². The molecule has 3 nitrogen and oxygen atoms in total. The van der Waals surface area contributed by atoms with Gasteiger partial charge in [-0.15, -0.1) is 0 Å². The Morgan fingerprint density at radius 1 is 1.47 bits per heavy atom. The number of nitrogens with one attached hydrogen (secondary N) is 1. The Hall–Kier alpha value is -1.32. The lowest BCUT2D eigenvalue weighted by atomic mass is 10.1. The highest BCUT2D eigenvalue weighted by molar-refractivity contribution is 6.35. The summed E-state index contributed by atoms with van der Waals surface area (Å²) in [5.74, 6) is 0.0240. The van der Waals surface area contributed by atoms with Crippen LogP contribution in [0.25, 0.3) is 10.9 Å². The van der Waals surface area contributed by atoms with Crippen LogP contribution in [0.3, 0.4) is 0 Å². The SMILES string of the molecule is NCC(=O)Cc1c[nH]c2c(Cl)cccc12. The predicted molar refractivity (Wildman–Crippen MR) is 61.1 cm³/mol. The number of nitrogens with two attached hydrogens (primary N) is 1. The summed E-state index contributed by atoms with van der Waals surface area (Å²) in [6, 6.07) is 5.63. The molecule has 0 aliphatic rings. The van der Waals surface area contributed by atoms with Crippen LogP contribution in [0.15, 0.2) is 24.4 Å². The molecule has 2 aromatic rings. The van der Waals surface area contributed by atoms with Crippen molar-refractivity contribution in [3.63, 3.8) is 0 Å². The second kappa shape index (κ2) is 4.04. The maximum atomic E-state index is 11.2. The molecule has 0 fully saturated rings. The maximum absolute atomic E-state index is 11.2. The first-order chi connectivity index (χ1) is 7.22. The fourth-order valence-electron chi connectivity index (χ4n) is 1.61. The van der Waals surface area contributed by atoms with Crippen molar-refractivity contribution in [3.8, 4) is 0 Å². The van der Waals surface area contributed by atoms with Crippen LogP contribution in [-0.4, -0.2) is 17.3 Å². The van der Waals surface area contributed by atoms with Crippen LogP contribution in [0.5, 0.6) is 0 Å². The largest absolute Gasteiger partial charge is 0.360 e. The lowest BCUT2D eigenvalue weighted by molar-refractivity contribution is -0.117. The summed E-state index contributed by atoms with van der Waals surface area (Å²) < 4.78 is 0. The van der Waals surface area contributed by atoms with Crippen molar-refractivity contribution in [2.75, 3.05) is 6.54 Å². The molecule has 0 bridgehead atoms. The number of rotatable bonds is 3. The van der Waals surface area contributed by atoms with E-state index in [2.05, 4.69) is 4.98 Å². The van der Waals surface area contributed by atoms with Crippen LogP contribution in [0.1, 0.15) is 5.56 Å². The summed E-state index contributed by atoms with van der Waals surface area (Å²) >= 11 is 6.00. The van der Waals surface area contributed by atoms with Crippen LogP contribution >= 0.6 is 11.6 Å². The van der Waals surface area contributed by atoms with Crippen molar-refractivity contribution in [2.45, 2.75) is 6.42 Å². The van der Waals surface area contributed by atoms with E-state index in [0.29, 0.717) is 11.4 Å². The Morgan fingerprint density at radius 3 is 3.00 bits per heavy atom. The van der Waals surface area contributed by atoms with Crippen LogP contribution in [0.4, 0.5) is 0 Å². The highest BCUT2D eigenvalue weighted by atomic mass is 35.5. The standard InChI is InChI=1S/C11H11ClN2O/c12-10-3-1-2-9-7(4-8(15)5-13)6-14-11(9)10/h1-3,6,14H,4-5,13H2. The minimum Gasteiger partial charge on any atom is -0.360 e. The minimum atomic E-state index is 0.0240. The summed E-state index contributed by atoms with van der Waals surface area (Å²) in [4.78, 5) is 14.3. The molecule has 0 spiro atoms. The molecule has 1 aromatic carbocycles. The molecule has 78 valence electrons. The molecule has 4 heteroatoms. The molecule has 15 heavy (non-hydrogen) atoms. The van der Waals surface area contributed by atoms with Crippen LogP contribution in [0, 0.1) is 0 Å². The number of halogens is 1. The molecule has 1 heterocycles. The van der Waals surface area contributed by atoms with E-state index in [0.717, 1.165) is 16.5 Å². The van der Waals surface area contributed by atoms with Gasteiger partial charge in [-0.05, 0) is 11.6 Å². The summed E-state index contributed by atoms with van der Waals surface area (Å²) in [7, 11) is 0. The summed E-state index contributed by atoms with van der Waals surface area (Å²) in [6.45, 7) is 0.0766. The van der Waals surface area contributed by atoms with Gasteiger partial charge in [-0.2, -0.15) is 0 Å². The van der Waals surface area contributed by atoms with Gasteiger partial charge in [0.25, 0.3) is 0 Å². The molecule has 3 N–H and O–H groups in total. The number of H-pyrrole nitrogens is 1. The van der Waals surface area contributed by atoms with Gasteiger partial charge in [0.15, 0.2) is 5.78 Å². The van der Waals surface area contributed by atoms with Crippen LogP contribution in [-0.2, 0) is 11.2 Å². The van der Waals surface area contributed by atoms with Crippen molar-refractivity contribution >= 4 is 28.3 Å². The third-order valence-electron chi connectivity index (χ3n) is 2.37. The Balaban J connectivity index is 2.45. The highest BCUT2D eigenvalue weighted by Crippen LogP contribution is 2.25. The van der Waals surface area contributed by atoms with E-state index in [4.69, 9.17) is 17.3 Å². The van der Waals surface area contributed by atoms with Gasteiger partial charge in [0.05, 0.1) is 17.1 Å². The number of para-hydroxylation sites is 1. The molecule has 0 radical (unpaired) electrons. The molecular weight excluding hydrogens is 212 g/mol. The van der Waals surface area contributed by atoms with E-state index in [1.165, 1.54) is 0 Å². The van der Waals surface area contributed by atoms with Crippen LogP contribution in [0.2, 0.25) is 5.02 Å². The topological polar surface area (TPSA) is 58.9 Å². The number of ketones is 1. The van der Waals surface area contributed by atoms with Crippen molar-refractivity contribution in [1.82, 2.24) is 4.98 Å². The van der Waals surface area contributed by atoms with Crippen molar-refractivity contribution < 1.29 is 4.79 Å². The second-order valence-corrected chi connectivity index (χ2v) is 3.80.